The number of likely N-dealkylation sites (tertiary alicyclic amines) is 1. The highest BCUT2D eigenvalue weighted by Gasteiger charge is 2.23. The third kappa shape index (κ3) is 5.26. The van der Waals surface area contributed by atoms with Crippen molar-refractivity contribution in [1.82, 2.24) is 25.5 Å². The van der Waals surface area contributed by atoms with Crippen LogP contribution in [0.2, 0.25) is 0 Å². The summed E-state index contributed by atoms with van der Waals surface area (Å²) in [5.74, 6) is 1.41. The second-order valence-electron chi connectivity index (χ2n) is 6.26. The molecule has 0 bridgehead atoms. The molecule has 122 valence electrons. The maximum absolute atomic E-state index is 11.6. The van der Waals surface area contributed by atoms with Crippen LogP contribution in [0.4, 0.5) is 4.79 Å². The summed E-state index contributed by atoms with van der Waals surface area (Å²) in [6.45, 7) is 9.68. The average Bonchev–Trinajstić information content (AvgIpc) is 2.93. The summed E-state index contributed by atoms with van der Waals surface area (Å²) >= 11 is 0. The molecule has 1 atom stereocenters. The highest BCUT2D eigenvalue weighted by molar-refractivity contribution is 5.74. The number of rotatable bonds is 6. The van der Waals surface area contributed by atoms with Gasteiger partial charge in [-0.2, -0.15) is 0 Å². The molecule has 6 heteroatoms. The number of nitrogens with zero attached hydrogens (tertiary/aromatic N) is 3. The predicted molar refractivity (Wildman–Crippen MR) is 86.5 cm³/mol. The van der Waals surface area contributed by atoms with Crippen molar-refractivity contribution in [3.8, 4) is 0 Å². The molecule has 2 rings (SSSR count). The minimum Gasteiger partial charge on any atom is -0.338 e. The van der Waals surface area contributed by atoms with Crippen LogP contribution in [-0.2, 0) is 13.0 Å². The van der Waals surface area contributed by atoms with Crippen molar-refractivity contribution in [2.24, 2.45) is 5.92 Å². The lowest BCUT2D eigenvalue weighted by Crippen LogP contribution is -2.41. The Bertz CT molecular complexity index is 474. The van der Waals surface area contributed by atoms with E-state index in [1.165, 1.54) is 0 Å². The monoisotopic (exact) mass is 305 g/mol. The fourth-order valence-corrected chi connectivity index (χ4v) is 2.68. The zero-order chi connectivity index (χ0) is 15.9. The van der Waals surface area contributed by atoms with E-state index in [0.717, 1.165) is 50.4 Å². The molecule has 0 unspecified atom stereocenters. The van der Waals surface area contributed by atoms with Crippen molar-refractivity contribution in [3.63, 3.8) is 0 Å². The minimum absolute atomic E-state index is 0.0722. The standard InChI is InChI=1S/C16H27N5O/c1-4-15-17-8-14(9-18-15)11-21-6-5-13(10-21)7-19-16(22)20-12(2)3/h8-9,12-13H,4-7,10-11H2,1-3H3,(H2,19,20,22)/t13-/m0/s1. The van der Waals surface area contributed by atoms with Gasteiger partial charge >= 0.3 is 6.03 Å². The number of carbonyl (C=O) groups is 1. The van der Waals surface area contributed by atoms with Gasteiger partial charge in [0.2, 0.25) is 0 Å². The maximum atomic E-state index is 11.6. The molecule has 1 fully saturated rings. The Hall–Kier alpha value is -1.69. The van der Waals surface area contributed by atoms with Crippen LogP contribution in [0.5, 0.6) is 0 Å². The van der Waals surface area contributed by atoms with Gasteiger partial charge in [0.05, 0.1) is 0 Å². The molecule has 0 radical (unpaired) electrons. The van der Waals surface area contributed by atoms with Crippen LogP contribution >= 0.6 is 0 Å². The van der Waals surface area contributed by atoms with Gasteiger partial charge in [-0.25, -0.2) is 14.8 Å². The quantitative estimate of drug-likeness (QED) is 0.837. The van der Waals surface area contributed by atoms with Gasteiger partial charge in [-0.05, 0) is 32.7 Å². The molecule has 22 heavy (non-hydrogen) atoms. The van der Waals surface area contributed by atoms with Gasteiger partial charge < -0.3 is 10.6 Å². The number of amides is 2. The third-order valence-electron chi connectivity index (χ3n) is 3.82. The Morgan fingerprint density at radius 1 is 1.41 bits per heavy atom. The first kappa shape index (κ1) is 16.7. The maximum Gasteiger partial charge on any atom is 0.314 e. The average molecular weight is 305 g/mol. The number of nitrogens with one attached hydrogen (secondary N) is 2. The van der Waals surface area contributed by atoms with Gasteiger partial charge in [-0.15, -0.1) is 0 Å². The van der Waals surface area contributed by atoms with Gasteiger partial charge in [-0.3, -0.25) is 4.90 Å². The molecule has 6 nitrogen and oxygen atoms in total. The normalized spacial score (nSPS) is 18.6. The van der Waals surface area contributed by atoms with Crippen molar-refractivity contribution in [1.29, 1.82) is 0 Å². The number of aromatic nitrogens is 2. The lowest BCUT2D eigenvalue weighted by molar-refractivity contribution is 0.236. The summed E-state index contributed by atoms with van der Waals surface area (Å²) in [5, 5.41) is 5.80. The molecule has 2 N–H and O–H groups in total. The Morgan fingerprint density at radius 2 is 2.14 bits per heavy atom. The number of carbonyl (C=O) groups excluding carboxylic acids is 1. The fraction of sp³-hybridized carbons (Fsp3) is 0.688. The van der Waals surface area contributed by atoms with E-state index in [2.05, 4.69) is 32.4 Å². The van der Waals surface area contributed by atoms with Crippen LogP contribution in [0.1, 0.15) is 38.6 Å². The molecule has 1 saturated heterocycles. The second-order valence-corrected chi connectivity index (χ2v) is 6.26. The SMILES string of the molecule is CCc1ncc(CN2CC[C@@H](CNC(=O)NC(C)C)C2)cn1. The molecule has 0 aromatic carbocycles. The molecular weight excluding hydrogens is 278 g/mol. The summed E-state index contributed by atoms with van der Waals surface area (Å²) in [5.41, 5.74) is 1.16. The second kappa shape index (κ2) is 8.08. The van der Waals surface area contributed by atoms with Crippen LogP contribution in [0.25, 0.3) is 0 Å². The summed E-state index contributed by atoms with van der Waals surface area (Å²) in [7, 11) is 0. The summed E-state index contributed by atoms with van der Waals surface area (Å²) in [6, 6.07) is 0.100. The number of aryl methyl sites for hydroxylation is 1. The van der Waals surface area contributed by atoms with E-state index in [4.69, 9.17) is 0 Å². The highest BCUT2D eigenvalue weighted by Crippen LogP contribution is 2.17. The molecule has 0 aliphatic carbocycles. The van der Waals surface area contributed by atoms with Crippen molar-refractivity contribution in [2.45, 2.75) is 46.2 Å². The zero-order valence-corrected chi connectivity index (χ0v) is 13.8. The van der Waals surface area contributed by atoms with Crippen LogP contribution < -0.4 is 10.6 Å². The molecule has 1 aliphatic rings. The first-order valence-electron chi connectivity index (χ1n) is 8.13. The predicted octanol–water partition coefficient (Wildman–Crippen LogP) is 1.57. The van der Waals surface area contributed by atoms with E-state index in [1.54, 1.807) is 0 Å². The molecule has 1 aromatic rings. The van der Waals surface area contributed by atoms with Crippen molar-refractivity contribution < 1.29 is 4.79 Å². The largest absolute Gasteiger partial charge is 0.338 e. The Kier molecular flexibility index (Phi) is 6.12. The van der Waals surface area contributed by atoms with E-state index < -0.39 is 0 Å². The van der Waals surface area contributed by atoms with E-state index in [1.807, 2.05) is 26.2 Å². The fourth-order valence-electron chi connectivity index (χ4n) is 2.68. The van der Waals surface area contributed by atoms with Gasteiger partial charge in [0.25, 0.3) is 0 Å². The smallest absolute Gasteiger partial charge is 0.314 e. The van der Waals surface area contributed by atoms with Gasteiger partial charge in [0.1, 0.15) is 5.82 Å². The Balaban J connectivity index is 1.71. The number of urea groups is 1. The minimum atomic E-state index is -0.0722. The molecular formula is C16H27N5O. The molecule has 2 heterocycles. The van der Waals surface area contributed by atoms with Gasteiger partial charge in [0.15, 0.2) is 0 Å². The van der Waals surface area contributed by atoms with Gasteiger partial charge in [0, 0.05) is 50.1 Å². The molecule has 1 aliphatic heterocycles. The van der Waals surface area contributed by atoms with E-state index in [-0.39, 0.29) is 12.1 Å². The van der Waals surface area contributed by atoms with E-state index in [0.29, 0.717) is 5.92 Å². The summed E-state index contributed by atoms with van der Waals surface area (Å²) in [6.07, 6.45) is 5.84. The zero-order valence-electron chi connectivity index (χ0n) is 13.8. The van der Waals surface area contributed by atoms with Gasteiger partial charge in [-0.1, -0.05) is 6.92 Å². The summed E-state index contributed by atoms with van der Waals surface area (Å²) in [4.78, 5) is 22.7. The molecule has 2 amide bonds. The van der Waals surface area contributed by atoms with Crippen molar-refractivity contribution in [2.75, 3.05) is 19.6 Å². The third-order valence-corrected chi connectivity index (χ3v) is 3.82. The lowest BCUT2D eigenvalue weighted by atomic mass is 10.1. The first-order chi connectivity index (χ1) is 10.6. The Labute approximate surface area is 132 Å². The van der Waals surface area contributed by atoms with Crippen molar-refractivity contribution >= 4 is 6.03 Å². The lowest BCUT2D eigenvalue weighted by Gasteiger charge is -2.16. The Morgan fingerprint density at radius 3 is 2.77 bits per heavy atom. The molecule has 1 aromatic heterocycles. The number of hydrogen-bond donors (Lipinski definition) is 2. The van der Waals surface area contributed by atoms with Crippen LogP contribution in [-0.4, -0.2) is 46.6 Å². The first-order valence-corrected chi connectivity index (χ1v) is 8.13. The van der Waals surface area contributed by atoms with E-state index in [9.17, 15) is 4.79 Å². The van der Waals surface area contributed by atoms with Crippen LogP contribution in [0.3, 0.4) is 0 Å². The number of hydrogen-bond acceptors (Lipinski definition) is 4. The molecule has 0 spiro atoms. The van der Waals surface area contributed by atoms with Crippen LogP contribution in [0.15, 0.2) is 12.4 Å². The van der Waals surface area contributed by atoms with E-state index >= 15 is 0 Å². The highest BCUT2D eigenvalue weighted by atomic mass is 16.2. The van der Waals surface area contributed by atoms with Crippen molar-refractivity contribution in [3.05, 3.63) is 23.8 Å². The van der Waals surface area contributed by atoms with Crippen LogP contribution in [0, 0.1) is 5.92 Å². The molecule has 0 saturated carbocycles. The summed E-state index contributed by atoms with van der Waals surface area (Å²) < 4.78 is 0. The topological polar surface area (TPSA) is 70.2 Å².